The fraction of sp³-hybridized carbons (Fsp3) is 0.185. The Kier molecular flexibility index (Phi) is 5.81. The Labute approximate surface area is 215 Å². The summed E-state index contributed by atoms with van der Waals surface area (Å²) in [4.78, 5) is 37.1. The quantitative estimate of drug-likeness (QED) is 0.183. The number of aliphatic hydroxyl groups excluding tert-OH is 1. The molecule has 35 heavy (non-hydrogen) atoms. The van der Waals surface area contributed by atoms with Crippen LogP contribution in [0.25, 0.3) is 16.0 Å². The molecular weight excluding hydrogens is 526 g/mol. The molecule has 1 fully saturated rings. The lowest BCUT2D eigenvalue weighted by atomic mass is 9.87. The standard InChI is InChI=1S/C27H22BrN3O3S/c1-27(2,3)16-9-12-18-20(14-16)35-26(30-18)31-22(19-6-4-5-13-29-19)21(24(33)25(31)34)23(32)15-7-10-17(28)11-8-15/h4-14,22,32H,1-3H3/b23-21+. The normalized spacial score (nSPS) is 17.9. The van der Waals surface area contributed by atoms with Crippen LogP contribution in [0.1, 0.15) is 43.6 Å². The number of hydrogen-bond donors (Lipinski definition) is 1. The second-order valence-corrected chi connectivity index (χ2v) is 11.3. The summed E-state index contributed by atoms with van der Waals surface area (Å²) in [6.07, 6.45) is 1.60. The van der Waals surface area contributed by atoms with Crippen LogP contribution in [0, 0.1) is 0 Å². The van der Waals surface area contributed by atoms with E-state index in [0.29, 0.717) is 16.4 Å². The minimum absolute atomic E-state index is 0.00865. The van der Waals surface area contributed by atoms with Crippen molar-refractivity contribution in [1.29, 1.82) is 0 Å². The molecule has 0 radical (unpaired) electrons. The van der Waals surface area contributed by atoms with Crippen molar-refractivity contribution in [2.75, 3.05) is 4.90 Å². The maximum absolute atomic E-state index is 13.4. The number of nitrogens with zero attached hydrogens (tertiary/aromatic N) is 3. The highest BCUT2D eigenvalue weighted by atomic mass is 79.9. The van der Waals surface area contributed by atoms with Gasteiger partial charge >= 0.3 is 5.91 Å². The number of anilines is 1. The van der Waals surface area contributed by atoms with Gasteiger partial charge in [0.15, 0.2) is 5.13 Å². The number of benzene rings is 2. The van der Waals surface area contributed by atoms with Crippen LogP contribution in [0.3, 0.4) is 0 Å². The van der Waals surface area contributed by atoms with E-state index in [1.807, 2.05) is 12.1 Å². The van der Waals surface area contributed by atoms with Crippen LogP contribution in [-0.2, 0) is 15.0 Å². The van der Waals surface area contributed by atoms with Gasteiger partial charge in [0, 0.05) is 16.2 Å². The molecule has 0 bridgehead atoms. The summed E-state index contributed by atoms with van der Waals surface area (Å²) in [6.45, 7) is 6.41. The van der Waals surface area contributed by atoms with Crippen molar-refractivity contribution < 1.29 is 14.7 Å². The van der Waals surface area contributed by atoms with Crippen LogP contribution in [-0.4, -0.2) is 26.8 Å². The van der Waals surface area contributed by atoms with Gasteiger partial charge in [0.2, 0.25) is 0 Å². The summed E-state index contributed by atoms with van der Waals surface area (Å²) in [6, 6.07) is 17.3. The lowest BCUT2D eigenvalue weighted by Gasteiger charge is -2.21. The third-order valence-corrected chi connectivity index (χ3v) is 7.53. The first-order chi connectivity index (χ1) is 16.6. The molecule has 0 saturated carbocycles. The number of fused-ring (bicyclic) bond motifs is 1. The molecule has 2 aromatic heterocycles. The summed E-state index contributed by atoms with van der Waals surface area (Å²) in [5.74, 6) is -1.75. The molecule has 2 aromatic carbocycles. The highest BCUT2D eigenvalue weighted by Crippen LogP contribution is 2.44. The predicted octanol–water partition coefficient (Wildman–Crippen LogP) is 6.38. The number of rotatable bonds is 3. The average molecular weight is 548 g/mol. The maximum Gasteiger partial charge on any atom is 0.301 e. The molecular formula is C27H22BrN3O3S. The van der Waals surface area contributed by atoms with Crippen LogP contribution >= 0.6 is 27.3 Å². The Hall–Kier alpha value is -3.36. The van der Waals surface area contributed by atoms with Crippen molar-refractivity contribution >= 4 is 60.1 Å². The fourth-order valence-corrected chi connectivity index (χ4v) is 5.39. The summed E-state index contributed by atoms with van der Waals surface area (Å²) in [7, 11) is 0. The lowest BCUT2D eigenvalue weighted by molar-refractivity contribution is -0.132. The Morgan fingerprint density at radius 1 is 1.06 bits per heavy atom. The number of Topliss-reactive ketones (excluding diaryl/α,β-unsaturated/α-hetero) is 1. The van der Waals surface area contributed by atoms with E-state index in [4.69, 9.17) is 0 Å². The summed E-state index contributed by atoms with van der Waals surface area (Å²) < 4.78 is 1.75. The number of aromatic nitrogens is 2. The van der Waals surface area contributed by atoms with E-state index in [-0.39, 0.29) is 16.7 Å². The molecule has 0 aliphatic carbocycles. The van der Waals surface area contributed by atoms with Gasteiger partial charge in [-0.2, -0.15) is 0 Å². The van der Waals surface area contributed by atoms with Gasteiger partial charge in [-0.3, -0.25) is 19.5 Å². The van der Waals surface area contributed by atoms with Crippen LogP contribution in [0.2, 0.25) is 0 Å². The zero-order valence-corrected chi connectivity index (χ0v) is 21.7. The monoisotopic (exact) mass is 547 g/mol. The number of hydrogen-bond acceptors (Lipinski definition) is 6. The van der Waals surface area contributed by atoms with Crippen molar-refractivity contribution in [3.63, 3.8) is 0 Å². The Morgan fingerprint density at radius 3 is 2.46 bits per heavy atom. The van der Waals surface area contributed by atoms with E-state index < -0.39 is 17.7 Å². The number of halogens is 1. The number of aliphatic hydroxyl groups is 1. The number of carbonyl (C=O) groups excluding carboxylic acids is 2. The molecule has 176 valence electrons. The van der Waals surface area contributed by atoms with Gasteiger partial charge in [-0.05, 0) is 47.4 Å². The number of amides is 1. The maximum atomic E-state index is 13.4. The van der Waals surface area contributed by atoms with E-state index in [1.54, 1.807) is 48.7 Å². The van der Waals surface area contributed by atoms with Gasteiger partial charge in [0.1, 0.15) is 11.8 Å². The molecule has 1 unspecified atom stereocenters. The minimum atomic E-state index is -0.900. The number of carbonyl (C=O) groups is 2. The molecule has 6 nitrogen and oxygen atoms in total. The molecule has 1 saturated heterocycles. The molecule has 1 aliphatic heterocycles. The predicted molar refractivity (Wildman–Crippen MR) is 141 cm³/mol. The molecule has 0 spiro atoms. The van der Waals surface area contributed by atoms with E-state index in [1.165, 1.54) is 16.2 Å². The van der Waals surface area contributed by atoms with E-state index in [2.05, 4.69) is 52.7 Å². The molecule has 1 amide bonds. The zero-order chi connectivity index (χ0) is 24.9. The highest BCUT2D eigenvalue weighted by molar-refractivity contribution is 9.10. The Balaban J connectivity index is 1.69. The highest BCUT2D eigenvalue weighted by Gasteiger charge is 2.48. The minimum Gasteiger partial charge on any atom is -0.507 e. The summed E-state index contributed by atoms with van der Waals surface area (Å²) >= 11 is 4.72. The van der Waals surface area contributed by atoms with Gasteiger partial charge in [-0.1, -0.05) is 72.3 Å². The van der Waals surface area contributed by atoms with Gasteiger partial charge in [0.25, 0.3) is 5.78 Å². The Bertz CT molecular complexity index is 1490. The third kappa shape index (κ3) is 4.17. The first-order valence-corrected chi connectivity index (χ1v) is 12.6. The van der Waals surface area contributed by atoms with Gasteiger partial charge in [-0.25, -0.2) is 4.98 Å². The van der Waals surface area contributed by atoms with Crippen molar-refractivity contribution in [1.82, 2.24) is 9.97 Å². The van der Waals surface area contributed by atoms with Gasteiger partial charge in [-0.15, -0.1) is 0 Å². The largest absolute Gasteiger partial charge is 0.507 e. The van der Waals surface area contributed by atoms with E-state index >= 15 is 0 Å². The smallest absolute Gasteiger partial charge is 0.301 e. The van der Waals surface area contributed by atoms with Gasteiger partial charge in [0.05, 0.1) is 21.5 Å². The van der Waals surface area contributed by atoms with Crippen molar-refractivity contribution in [2.45, 2.75) is 32.2 Å². The first kappa shape index (κ1) is 23.4. The molecule has 1 aliphatic rings. The van der Waals surface area contributed by atoms with Crippen LogP contribution in [0.4, 0.5) is 5.13 Å². The molecule has 8 heteroatoms. The first-order valence-electron chi connectivity index (χ1n) is 11.0. The van der Waals surface area contributed by atoms with Crippen molar-refractivity contribution in [2.24, 2.45) is 0 Å². The fourth-order valence-electron chi connectivity index (χ4n) is 4.09. The van der Waals surface area contributed by atoms with E-state index in [9.17, 15) is 14.7 Å². The summed E-state index contributed by atoms with van der Waals surface area (Å²) in [5.41, 5.74) is 2.75. The zero-order valence-electron chi connectivity index (χ0n) is 19.3. The molecule has 1 N–H and O–H groups in total. The SMILES string of the molecule is CC(C)(C)c1ccc2nc(N3C(=O)C(=O)/C(=C(/O)c4ccc(Br)cc4)C3c3ccccn3)sc2c1. The molecule has 5 rings (SSSR count). The summed E-state index contributed by atoms with van der Waals surface area (Å²) in [5, 5.41) is 11.6. The van der Waals surface area contributed by atoms with Crippen molar-refractivity contribution in [3.8, 4) is 0 Å². The van der Waals surface area contributed by atoms with E-state index in [0.717, 1.165) is 20.3 Å². The number of thiazole rings is 1. The average Bonchev–Trinajstić information content (AvgIpc) is 3.37. The number of pyridine rings is 1. The number of ketones is 1. The van der Waals surface area contributed by atoms with Crippen LogP contribution in [0.15, 0.2) is 76.9 Å². The molecule has 4 aromatic rings. The third-order valence-electron chi connectivity index (χ3n) is 5.98. The second-order valence-electron chi connectivity index (χ2n) is 9.36. The van der Waals surface area contributed by atoms with Crippen molar-refractivity contribution in [3.05, 3.63) is 93.7 Å². The Morgan fingerprint density at radius 2 is 1.80 bits per heavy atom. The lowest BCUT2D eigenvalue weighted by Crippen LogP contribution is -2.29. The second kappa shape index (κ2) is 8.70. The van der Waals surface area contributed by atoms with Crippen LogP contribution in [0.5, 0.6) is 0 Å². The topological polar surface area (TPSA) is 83.4 Å². The van der Waals surface area contributed by atoms with Crippen LogP contribution < -0.4 is 4.90 Å². The molecule has 3 heterocycles. The van der Waals surface area contributed by atoms with Gasteiger partial charge < -0.3 is 5.11 Å². The molecule has 1 atom stereocenters.